The Balaban J connectivity index is 1.18. The Labute approximate surface area is 412 Å². The monoisotopic (exact) mass is 974 g/mol. The van der Waals surface area contributed by atoms with Crippen molar-refractivity contribution in [3.63, 3.8) is 0 Å². The van der Waals surface area contributed by atoms with Crippen LogP contribution in [-0.4, -0.2) is 93.0 Å². The number of unbranched alkanes of at least 4 members (excludes halogenated alkanes) is 9. The second-order valence-corrected chi connectivity index (χ2v) is 19.1. The zero-order valence-electron chi connectivity index (χ0n) is 40.6. The summed E-state index contributed by atoms with van der Waals surface area (Å²) in [4.78, 5) is 53.0. The van der Waals surface area contributed by atoms with Crippen molar-refractivity contribution in [3.05, 3.63) is 73.3 Å². The van der Waals surface area contributed by atoms with E-state index in [-0.39, 0.29) is 49.5 Å². The van der Waals surface area contributed by atoms with Gasteiger partial charge < -0.3 is 33.5 Å². The Morgan fingerprint density at radius 2 is 1.17 bits per heavy atom. The lowest BCUT2D eigenvalue weighted by Gasteiger charge is -2.28. The van der Waals surface area contributed by atoms with E-state index < -0.39 is 11.9 Å². The topological polar surface area (TPSA) is 172 Å². The van der Waals surface area contributed by atoms with Crippen LogP contribution in [0.1, 0.15) is 134 Å². The molecule has 2 aromatic carbocycles. The molecule has 5 rings (SSSR count). The highest BCUT2D eigenvalue weighted by Crippen LogP contribution is 2.34. The maximum absolute atomic E-state index is 12.8. The van der Waals surface area contributed by atoms with Gasteiger partial charge in [-0.05, 0) is 132 Å². The molecule has 2 saturated carbocycles. The lowest BCUT2D eigenvalue weighted by Crippen LogP contribution is -2.26. The number of carbonyl (C=O) groups excluding carboxylic acids is 4. The molecule has 1 aromatic heterocycles. The summed E-state index contributed by atoms with van der Waals surface area (Å²) in [5.74, 6) is 0.517. The van der Waals surface area contributed by atoms with Gasteiger partial charge in [0.15, 0.2) is 0 Å². The van der Waals surface area contributed by atoms with Crippen LogP contribution in [0.3, 0.4) is 0 Å². The van der Waals surface area contributed by atoms with Gasteiger partial charge in [-0.25, -0.2) is 19.6 Å². The summed E-state index contributed by atoms with van der Waals surface area (Å²) in [7, 11) is 0. The van der Waals surface area contributed by atoms with Crippen LogP contribution >= 0.6 is 11.3 Å². The zero-order chi connectivity index (χ0) is 48.9. The molecule has 2 fully saturated rings. The number of rotatable bonds is 33. The molecule has 0 aliphatic heterocycles. The van der Waals surface area contributed by atoms with E-state index in [1.165, 1.54) is 12.8 Å². The molecule has 0 saturated heterocycles. The molecular formula is C54H75N3O11S. The Bertz CT molecular complexity index is 2020. The highest BCUT2D eigenvalue weighted by Gasteiger charge is 2.29. The molecular weight excluding hydrogens is 899 g/mol. The fourth-order valence-corrected chi connectivity index (χ4v) is 9.54. The van der Waals surface area contributed by atoms with Gasteiger partial charge in [0.25, 0.3) is 0 Å². The predicted molar refractivity (Wildman–Crippen MR) is 270 cm³/mol. The van der Waals surface area contributed by atoms with E-state index in [9.17, 15) is 19.2 Å². The Hall–Kier alpha value is -5.28. The van der Waals surface area contributed by atoms with Gasteiger partial charge in [0.1, 0.15) is 11.5 Å². The van der Waals surface area contributed by atoms with Crippen LogP contribution in [0, 0.1) is 23.7 Å². The maximum Gasteiger partial charge on any atom is 0.330 e. The third-order valence-corrected chi connectivity index (χ3v) is 13.9. The molecule has 2 aliphatic carbocycles. The Morgan fingerprint density at radius 1 is 0.652 bits per heavy atom. The lowest BCUT2D eigenvalue weighted by molar-refractivity contribution is -0.151. The fourth-order valence-electron chi connectivity index (χ4n) is 8.59. The number of benzene rings is 2. The largest absolute Gasteiger partial charge is 0.493 e. The minimum Gasteiger partial charge on any atom is -0.493 e. The van der Waals surface area contributed by atoms with Crippen molar-refractivity contribution in [3.8, 4) is 11.5 Å². The molecule has 0 radical (unpaired) electrons. The van der Waals surface area contributed by atoms with E-state index >= 15 is 0 Å². The number of para-hydroxylation sites is 1. The summed E-state index contributed by atoms with van der Waals surface area (Å²) in [6.07, 6.45) is 21.7. The summed E-state index contributed by atoms with van der Waals surface area (Å²) in [5, 5.41) is 17.0. The van der Waals surface area contributed by atoms with Gasteiger partial charge in [-0.15, -0.1) is 0 Å². The van der Waals surface area contributed by atoms with Crippen LogP contribution in [0.5, 0.6) is 11.5 Å². The van der Waals surface area contributed by atoms with Crippen LogP contribution in [0.25, 0.3) is 10.2 Å². The first kappa shape index (κ1) is 54.7. The second kappa shape index (κ2) is 31.8. The van der Waals surface area contributed by atoms with Gasteiger partial charge in [-0.1, -0.05) is 75.2 Å². The van der Waals surface area contributed by atoms with Crippen molar-refractivity contribution >= 4 is 56.8 Å². The molecule has 2 aliphatic rings. The molecule has 3 aromatic rings. The number of hydrogen-bond acceptors (Lipinski definition) is 15. The summed E-state index contributed by atoms with van der Waals surface area (Å²) < 4.78 is 35.2. The number of hydrazone groups is 1. The quantitative estimate of drug-likeness (QED) is 0.0153. The molecule has 1 heterocycles. The van der Waals surface area contributed by atoms with Crippen LogP contribution in [0.4, 0.5) is 5.13 Å². The number of fused-ring (bicyclic) bond motifs is 1. The van der Waals surface area contributed by atoms with E-state index in [0.29, 0.717) is 76.1 Å². The number of aliphatic hydroxyl groups is 1. The van der Waals surface area contributed by atoms with Crippen LogP contribution in [0.15, 0.2) is 72.9 Å². The number of aromatic nitrogens is 1. The minimum atomic E-state index is -0.453. The maximum atomic E-state index is 12.8. The van der Waals surface area contributed by atoms with Crippen molar-refractivity contribution in [2.45, 2.75) is 128 Å². The van der Waals surface area contributed by atoms with E-state index in [0.717, 1.165) is 123 Å². The summed E-state index contributed by atoms with van der Waals surface area (Å²) >= 11 is 1.63. The van der Waals surface area contributed by atoms with Crippen molar-refractivity contribution < 1.29 is 52.7 Å². The van der Waals surface area contributed by atoms with Gasteiger partial charge in [0, 0.05) is 30.9 Å². The first-order valence-electron chi connectivity index (χ1n) is 25.4. The molecule has 14 nitrogen and oxygen atoms in total. The highest BCUT2D eigenvalue weighted by molar-refractivity contribution is 7.22. The molecule has 0 amide bonds. The van der Waals surface area contributed by atoms with Gasteiger partial charge in [0.05, 0.1) is 67.9 Å². The molecule has 378 valence electrons. The van der Waals surface area contributed by atoms with E-state index in [2.05, 4.69) is 19.2 Å². The molecule has 0 bridgehead atoms. The molecule has 0 atom stereocenters. The SMILES string of the molecule is C=CC(=O)OCCCCOC(=O)C1CCC(COc2ccc(OCC3CCC(C(=O)OCCCCOC(=O)C=C)CC3)c(/C=N/N(CCCCCCCCCCO)c3nc4ccccc4s3)c2)CC1. The number of carbonyl (C=O) groups is 4. The third kappa shape index (κ3) is 20.3. The van der Waals surface area contributed by atoms with Crippen LogP contribution in [-0.2, 0) is 38.1 Å². The van der Waals surface area contributed by atoms with Gasteiger partial charge in [-0.2, -0.15) is 5.10 Å². The number of esters is 4. The predicted octanol–water partition coefficient (Wildman–Crippen LogP) is 10.7. The summed E-state index contributed by atoms with van der Waals surface area (Å²) in [6, 6.07) is 14.0. The van der Waals surface area contributed by atoms with Crippen molar-refractivity contribution in [1.29, 1.82) is 0 Å². The van der Waals surface area contributed by atoms with Crippen molar-refractivity contribution in [2.75, 3.05) is 57.8 Å². The normalized spacial score (nSPS) is 18.0. The number of nitrogens with zero attached hydrogens (tertiary/aromatic N) is 3. The minimum absolute atomic E-state index is 0.123. The van der Waals surface area contributed by atoms with E-state index in [1.807, 2.05) is 47.6 Å². The molecule has 0 unspecified atom stereocenters. The first-order valence-corrected chi connectivity index (χ1v) is 26.2. The average Bonchev–Trinajstić information content (AvgIpc) is 3.82. The van der Waals surface area contributed by atoms with Crippen LogP contribution < -0.4 is 14.5 Å². The lowest BCUT2D eigenvalue weighted by atomic mass is 9.82. The van der Waals surface area contributed by atoms with E-state index in [1.54, 1.807) is 11.3 Å². The average molecular weight is 974 g/mol. The Morgan fingerprint density at radius 3 is 1.72 bits per heavy atom. The number of hydrogen-bond donors (Lipinski definition) is 1. The zero-order valence-corrected chi connectivity index (χ0v) is 41.4. The van der Waals surface area contributed by atoms with Crippen molar-refractivity contribution in [1.82, 2.24) is 4.98 Å². The first-order chi connectivity index (χ1) is 33.8. The van der Waals surface area contributed by atoms with E-state index in [4.69, 9.17) is 43.6 Å². The molecule has 69 heavy (non-hydrogen) atoms. The number of thiazole rings is 1. The molecule has 15 heteroatoms. The van der Waals surface area contributed by atoms with Crippen molar-refractivity contribution in [2.24, 2.45) is 28.8 Å². The van der Waals surface area contributed by atoms with Gasteiger partial charge in [-0.3, -0.25) is 9.59 Å². The van der Waals surface area contributed by atoms with Gasteiger partial charge in [0.2, 0.25) is 5.13 Å². The smallest absolute Gasteiger partial charge is 0.330 e. The number of aliphatic hydroxyl groups excluding tert-OH is 1. The van der Waals surface area contributed by atoms with Crippen LogP contribution in [0.2, 0.25) is 0 Å². The fraction of sp³-hybridized carbons (Fsp3) is 0.593. The summed E-state index contributed by atoms with van der Waals surface area (Å²) in [6.45, 7) is 9.96. The Kier molecular flexibility index (Phi) is 25.2. The molecule has 1 N–H and O–H groups in total. The summed E-state index contributed by atoms with van der Waals surface area (Å²) in [5.41, 5.74) is 1.74. The highest BCUT2D eigenvalue weighted by atomic mass is 32.1. The second-order valence-electron chi connectivity index (χ2n) is 18.1. The third-order valence-electron chi connectivity index (χ3n) is 12.8. The number of anilines is 1. The standard InChI is InChI=1S/C54H75N3O11S/c1-3-50(59)63-33-15-17-35-65-52(61)43-25-21-41(22-26-43)39-67-46-29-30-48(68-40-42-23-27-44(28-24-42)53(62)66-36-18-16-34-64-51(60)4-2)45(37-46)38-55-57(31-13-9-7-5-6-8-10-14-32-58)54-56-47-19-11-12-20-49(47)69-54/h3-4,11-12,19-20,29-30,37-38,41-44,58H,1-2,5-10,13-18,21-28,31-36,39-40H2/b55-38+. The number of ether oxygens (including phenoxy) is 6. The van der Waals surface area contributed by atoms with Gasteiger partial charge >= 0.3 is 23.9 Å². The molecule has 0 spiro atoms.